The quantitative estimate of drug-likeness (QED) is 0.298. The van der Waals surface area contributed by atoms with Crippen molar-refractivity contribution in [3.05, 3.63) is 72.8 Å². The van der Waals surface area contributed by atoms with Crippen molar-refractivity contribution in [2.24, 2.45) is 0 Å². The Hall–Kier alpha value is -2.61. The average molecular weight is 332 g/mol. The Morgan fingerprint density at radius 2 is 1.17 bits per heavy atom. The van der Waals surface area contributed by atoms with E-state index in [4.69, 9.17) is 14.1 Å². The lowest BCUT2D eigenvalue weighted by Gasteiger charge is -2.20. The molecule has 5 rings (SSSR count). The molecule has 1 aliphatic heterocycles. The first-order chi connectivity index (χ1) is 11.9. The van der Waals surface area contributed by atoms with E-state index in [2.05, 4.69) is 30.3 Å². The van der Waals surface area contributed by atoms with Crippen LogP contribution in [0.25, 0.3) is 32.7 Å². The number of hydrogen-bond donors (Lipinski definition) is 0. The molecule has 0 bridgehead atoms. The Morgan fingerprint density at radius 3 is 1.88 bits per heavy atom. The molecule has 0 radical (unpaired) electrons. The predicted molar refractivity (Wildman–Crippen MR) is 97.5 cm³/mol. The van der Waals surface area contributed by atoms with Crippen molar-refractivity contribution < 1.29 is 14.1 Å². The molecular formula is C20H13O3P. The zero-order valence-corrected chi connectivity index (χ0v) is 13.7. The molecule has 116 valence electrons. The number of hydrogen-bond acceptors (Lipinski definition) is 3. The summed E-state index contributed by atoms with van der Waals surface area (Å²) in [6, 6.07) is 24.7. The highest BCUT2D eigenvalue weighted by Gasteiger charge is 2.21. The van der Waals surface area contributed by atoms with Crippen LogP contribution in [0.2, 0.25) is 0 Å². The minimum Gasteiger partial charge on any atom is -0.446 e. The van der Waals surface area contributed by atoms with Gasteiger partial charge in [-0.05, 0) is 33.7 Å². The van der Waals surface area contributed by atoms with Gasteiger partial charge in [-0.2, -0.15) is 0 Å². The summed E-state index contributed by atoms with van der Waals surface area (Å²) in [6.07, 6.45) is 0. The molecule has 1 aliphatic rings. The number of rotatable bonds is 0. The standard InChI is InChI=1S/C20H13O3P/c1-3-7-15-13(5-1)9-11-17-19(15)20-16-8-4-2-6-14(16)10-12-18(20)22-24-23-21-17/h1-12,24H. The van der Waals surface area contributed by atoms with Crippen molar-refractivity contribution in [3.8, 4) is 22.6 Å². The minimum absolute atomic E-state index is 0.205. The Morgan fingerprint density at radius 1 is 0.583 bits per heavy atom. The highest BCUT2D eigenvalue weighted by atomic mass is 31.1. The summed E-state index contributed by atoms with van der Waals surface area (Å²) in [5.41, 5.74) is 2.06. The van der Waals surface area contributed by atoms with Gasteiger partial charge in [0.1, 0.15) is 5.75 Å². The van der Waals surface area contributed by atoms with Crippen molar-refractivity contribution in [3.63, 3.8) is 0 Å². The topological polar surface area (TPSA) is 27.7 Å². The molecule has 0 spiro atoms. The van der Waals surface area contributed by atoms with Gasteiger partial charge in [-0.25, -0.2) is 0 Å². The summed E-state index contributed by atoms with van der Waals surface area (Å²) >= 11 is 0. The van der Waals surface area contributed by atoms with Gasteiger partial charge in [-0.15, -0.1) is 4.67 Å². The average Bonchev–Trinajstić information content (AvgIpc) is 2.62. The fraction of sp³-hybridized carbons (Fsp3) is 0. The van der Waals surface area contributed by atoms with Gasteiger partial charge in [0, 0.05) is 11.1 Å². The maximum atomic E-state index is 5.82. The van der Waals surface area contributed by atoms with Crippen LogP contribution in [0.1, 0.15) is 0 Å². The molecule has 0 saturated carbocycles. The van der Waals surface area contributed by atoms with Crippen LogP contribution in [0.5, 0.6) is 11.5 Å². The smallest absolute Gasteiger partial charge is 0.264 e. The summed E-state index contributed by atoms with van der Waals surface area (Å²) in [6.45, 7) is 0. The normalized spacial score (nSPS) is 14.3. The number of benzene rings is 4. The van der Waals surface area contributed by atoms with E-state index in [9.17, 15) is 0 Å². The van der Waals surface area contributed by atoms with Crippen molar-refractivity contribution in [1.29, 1.82) is 0 Å². The third-order valence-corrected chi connectivity index (χ3v) is 4.80. The molecule has 0 aliphatic carbocycles. The zero-order valence-electron chi connectivity index (χ0n) is 12.7. The molecule has 4 heteroatoms. The van der Waals surface area contributed by atoms with Crippen molar-refractivity contribution in [1.82, 2.24) is 0 Å². The first-order valence-electron chi connectivity index (χ1n) is 7.71. The molecule has 1 unspecified atom stereocenters. The van der Waals surface area contributed by atoms with E-state index in [1.807, 2.05) is 42.5 Å². The van der Waals surface area contributed by atoms with Crippen molar-refractivity contribution in [2.45, 2.75) is 0 Å². The van der Waals surface area contributed by atoms with E-state index in [0.29, 0.717) is 5.75 Å². The van der Waals surface area contributed by atoms with Gasteiger partial charge in [0.05, 0.1) is 0 Å². The second-order valence-corrected chi connectivity index (χ2v) is 6.21. The van der Waals surface area contributed by atoms with Crippen molar-refractivity contribution >= 4 is 30.6 Å². The first-order valence-corrected chi connectivity index (χ1v) is 8.53. The molecule has 4 aromatic rings. The lowest BCUT2D eigenvalue weighted by molar-refractivity contribution is -0.0909. The van der Waals surface area contributed by atoms with Gasteiger partial charge in [0.2, 0.25) is 0 Å². The maximum absolute atomic E-state index is 5.82. The number of fused-ring (bicyclic) bond motifs is 7. The monoisotopic (exact) mass is 332 g/mol. The Balaban J connectivity index is 1.99. The lowest BCUT2D eigenvalue weighted by atomic mass is 9.92. The third-order valence-electron chi connectivity index (χ3n) is 4.35. The molecule has 1 atom stereocenters. The van der Waals surface area contributed by atoms with Gasteiger partial charge in [0.25, 0.3) is 9.03 Å². The third kappa shape index (κ3) is 2.06. The van der Waals surface area contributed by atoms with Gasteiger partial charge in [0.15, 0.2) is 5.75 Å². The molecule has 1 heterocycles. The van der Waals surface area contributed by atoms with Crippen LogP contribution < -0.4 is 9.41 Å². The van der Waals surface area contributed by atoms with E-state index in [1.165, 1.54) is 5.39 Å². The summed E-state index contributed by atoms with van der Waals surface area (Å²) < 4.78 is 11.0. The molecule has 0 fully saturated rings. The summed E-state index contributed by atoms with van der Waals surface area (Å²) in [5, 5.41) is 4.58. The van der Waals surface area contributed by atoms with Crippen LogP contribution in [0, 0.1) is 0 Å². The second-order valence-electron chi connectivity index (χ2n) is 5.67. The molecule has 3 nitrogen and oxygen atoms in total. The van der Waals surface area contributed by atoms with E-state index >= 15 is 0 Å². The largest absolute Gasteiger partial charge is 0.446 e. The summed E-state index contributed by atoms with van der Waals surface area (Å²) in [5.74, 6) is 1.52. The highest BCUT2D eigenvalue weighted by Crippen LogP contribution is 2.48. The molecular weight excluding hydrogens is 319 g/mol. The summed E-state index contributed by atoms with van der Waals surface area (Å²) in [7, 11) is -0.205. The molecule has 0 N–H and O–H groups in total. The Labute approximate surface area is 140 Å². The SMILES string of the molecule is c1ccc2c3c(ccc2c1)OOPOc1ccc2ccccc2c1-3. The summed E-state index contributed by atoms with van der Waals surface area (Å²) in [4.78, 5) is 5.53. The van der Waals surface area contributed by atoms with Crippen LogP contribution in [-0.4, -0.2) is 0 Å². The van der Waals surface area contributed by atoms with Crippen LogP contribution >= 0.6 is 9.03 Å². The van der Waals surface area contributed by atoms with E-state index < -0.39 is 0 Å². The maximum Gasteiger partial charge on any atom is 0.264 e. The Kier molecular flexibility index (Phi) is 3.15. The van der Waals surface area contributed by atoms with Crippen LogP contribution in [0.3, 0.4) is 0 Å². The molecule has 24 heavy (non-hydrogen) atoms. The lowest BCUT2D eigenvalue weighted by Crippen LogP contribution is -1.99. The fourth-order valence-electron chi connectivity index (χ4n) is 3.30. The second kappa shape index (κ2) is 5.48. The predicted octanol–water partition coefficient (Wildman–Crippen LogP) is 5.87. The first kappa shape index (κ1) is 13.8. The van der Waals surface area contributed by atoms with Gasteiger partial charge >= 0.3 is 0 Å². The van der Waals surface area contributed by atoms with Gasteiger partial charge in [-0.1, -0.05) is 60.7 Å². The molecule has 0 amide bonds. The van der Waals surface area contributed by atoms with E-state index in [-0.39, 0.29) is 9.03 Å². The zero-order chi connectivity index (χ0) is 15.9. The molecule has 0 aromatic heterocycles. The van der Waals surface area contributed by atoms with Crippen LogP contribution in [0.15, 0.2) is 72.8 Å². The molecule has 4 aromatic carbocycles. The van der Waals surface area contributed by atoms with E-state index in [1.54, 1.807) is 0 Å². The van der Waals surface area contributed by atoms with Gasteiger partial charge < -0.3 is 9.41 Å². The van der Waals surface area contributed by atoms with E-state index in [0.717, 1.165) is 33.0 Å². The molecule has 0 saturated heterocycles. The van der Waals surface area contributed by atoms with Crippen LogP contribution in [0.4, 0.5) is 0 Å². The highest BCUT2D eigenvalue weighted by molar-refractivity contribution is 7.26. The van der Waals surface area contributed by atoms with Crippen LogP contribution in [-0.2, 0) is 4.67 Å². The minimum atomic E-state index is -0.205. The van der Waals surface area contributed by atoms with Gasteiger partial charge in [-0.3, -0.25) is 0 Å². The fourth-order valence-corrected chi connectivity index (χ4v) is 3.71. The van der Waals surface area contributed by atoms with Crippen molar-refractivity contribution in [2.75, 3.05) is 0 Å². The Bertz CT molecular complexity index is 988.